The summed E-state index contributed by atoms with van der Waals surface area (Å²) in [4.78, 5) is 24.4. The standard InChI is InChI=1S/C24H47NO4/c1-3-4-5-6-7-8-9-10-11-15-23(2)22-29-24(28)16-14-18-25(19-21-27)17-12-13-20-26/h20,23,27H,3-19,21-22H2,1-2H3. The van der Waals surface area contributed by atoms with Crippen LogP contribution in [0.25, 0.3) is 0 Å². The molecule has 5 nitrogen and oxygen atoms in total. The average Bonchev–Trinajstić information content (AvgIpc) is 2.71. The number of ether oxygens (including phenoxy) is 1. The SMILES string of the molecule is CCCCCCCCCCCC(C)COC(=O)CCCN(CCO)CCCC=O. The summed E-state index contributed by atoms with van der Waals surface area (Å²) >= 11 is 0. The van der Waals surface area contributed by atoms with Gasteiger partial charge in [0, 0.05) is 19.4 Å². The number of unbranched alkanes of at least 4 members (excludes halogenated alkanes) is 9. The van der Waals surface area contributed by atoms with Gasteiger partial charge in [0.2, 0.25) is 0 Å². The first-order valence-electron chi connectivity index (χ1n) is 12.1. The van der Waals surface area contributed by atoms with Crippen molar-refractivity contribution >= 4 is 12.3 Å². The number of aldehydes is 1. The van der Waals surface area contributed by atoms with Crippen LogP contribution in [0.15, 0.2) is 0 Å². The number of hydrogen-bond donors (Lipinski definition) is 1. The third-order valence-electron chi connectivity index (χ3n) is 5.40. The van der Waals surface area contributed by atoms with Crippen LogP contribution in [0, 0.1) is 5.92 Å². The molecule has 1 N–H and O–H groups in total. The molecular weight excluding hydrogens is 366 g/mol. The molecule has 0 amide bonds. The molecule has 1 unspecified atom stereocenters. The minimum absolute atomic E-state index is 0.0991. The molecule has 172 valence electrons. The average molecular weight is 414 g/mol. The smallest absolute Gasteiger partial charge is 0.305 e. The van der Waals surface area contributed by atoms with E-state index in [9.17, 15) is 9.59 Å². The van der Waals surface area contributed by atoms with Crippen LogP contribution < -0.4 is 0 Å². The van der Waals surface area contributed by atoms with Crippen LogP contribution >= 0.6 is 0 Å². The Bertz CT molecular complexity index is 376. The van der Waals surface area contributed by atoms with Gasteiger partial charge in [0.15, 0.2) is 0 Å². The highest BCUT2D eigenvalue weighted by Crippen LogP contribution is 2.14. The van der Waals surface area contributed by atoms with E-state index < -0.39 is 0 Å². The number of rotatable bonds is 22. The Morgan fingerprint density at radius 1 is 0.931 bits per heavy atom. The maximum atomic E-state index is 11.9. The van der Waals surface area contributed by atoms with Gasteiger partial charge >= 0.3 is 5.97 Å². The Balaban J connectivity index is 3.61. The molecule has 0 saturated carbocycles. The summed E-state index contributed by atoms with van der Waals surface area (Å²) in [6.45, 7) is 7.16. The summed E-state index contributed by atoms with van der Waals surface area (Å²) in [6, 6.07) is 0. The zero-order chi connectivity index (χ0) is 21.6. The van der Waals surface area contributed by atoms with E-state index in [1.165, 1.54) is 57.8 Å². The maximum Gasteiger partial charge on any atom is 0.305 e. The van der Waals surface area contributed by atoms with E-state index in [-0.39, 0.29) is 12.6 Å². The molecule has 29 heavy (non-hydrogen) atoms. The Morgan fingerprint density at radius 2 is 1.55 bits per heavy atom. The van der Waals surface area contributed by atoms with E-state index >= 15 is 0 Å². The highest BCUT2D eigenvalue weighted by atomic mass is 16.5. The van der Waals surface area contributed by atoms with Crippen molar-refractivity contribution in [3.8, 4) is 0 Å². The van der Waals surface area contributed by atoms with Crippen molar-refractivity contribution in [1.82, 2.24) is 4.90 Å². The number of aliphatic hydroxyl groups excluding tert-OH is 1. The van der Waals surface area contributed by atoms with E-state index in [0.717, 1.165) is 38.6 Å². The first-order valence-corrected chi connectivity index (χ1v) is 12.1. The summed E-state index contributed by atoms with van der Waals surface area (Å²) in [5.41, 5.74) is 0. The zero-order valence-electron chi connectivity index (χ0n) is 19.2. The summed E-state index contributed by atoms with van der Waals surface area (Å²) < 4.78 is 5.42. The normalized spacial score (nSPS) is 12.3. The van der Waals surface area contributed by atoms with E-state index in [1.54, 1.807) is 0 Å². The summed E-state index contributed by atoms with van der Waals surface area (Å²) in [7, 11) is 0. The van der Waals surface area contributed by atoms with Gasteiger partial charge in [-0.3, -0.25) is 4.79 Å². The highest BCUT2D eigenvalue weighted by Gasteiger charge is 2.09. The maximum absolute atomic E-state index is 11.9. The van der Waals surface area contributed by atoms with Gasteiger partial charge in [-0.1, -0.05) is 71.6 Å². The van der Waals surface area contributed by atoms with Gasteiger partial charge in [0.1, 0.15) is 6.29 Å². The molecule has 5 heteroatoms. The molecular formula is C24H47NO4. The molecule has 0 aliphatic carbocycles. The van der Waals surface area contributed by atoms with E-state index in [2.05, 4.69) is 18.7 Å². The van der Waals surface area contributed by atoms with Crippen molar-refractivity contribution in [3.63, 3.8) is 0 Å². The number of hydrogen-bond acceptors (Lipinski definition) is 5. The second kappa shape index (κ2) is 21.8. The molecule has 1 atom stereocenters. The van der Waals surface area contributed by atoms with Crippen molar-refractivity contribution < 1.29 is 19.4 Å². The van der Waals surface area contributed by atoms with Crippen LogP contribution in [0.3, 0.4) is 0 Å². The monoisotopic (exact) mass is 413 g/mol. The molecule has 0 aromatic carbocycles. The van der Waals surface area contributed by atoms with Crippen molar-refractivity contribution in [2.75, 3.05) is 32.8 Å². The minimum atomic E-state index is -0.124. The third kappa shape index (κ3) is 20.1. The lowest BCUT2D eigenvalue weighted by Gasteiger charge is -2.20. The topological polar surface area (TPSA) is 66.8 Å². The van der Waals surface area contributed by atoms with Gasteiger partial charge in [0.05, 0.1) is 13.2 Å². The molecule has 0 bridgehead atoms. The largest absolute Gasteiger partial charge is 0.465 e. The summed E-state index contributed by atoms with van der Waals surface area (Å²) in [5, 5.41) is 9.11. The highest BCUT2D eigenvalue weighted by molar-refractivity contribution is 5.69. The van der Waals surface area contributed by atoms with Crippen LogP contribution in [0.1, 0.15) is 104 Å². The number of carbonyl (C=O) groups is 2. The number of nitrogens with zero attached hydrogens (tertiary/aromatic N) is 1. The Morgan fingerprint density at radius 3 is 2.17 bits per heavy atom. The van der Waals surface area contributed by atoms with Gasteiger partial charge in [-0.05, 0) is 38.3 Å². The lowest BCUT2D eigenvalue weighted by atomic mass is 10.0. The predicted octanol–water partition coefficient (Wildman–Crippen LogP) is 5.14. The van der Waals surface area contributed by atoms with Crippen LogP contribution in [0.4, 0.5) is 0 Å². The van der Waals surface area contributed by atoms with E-state index in [4.69, 9.17) is 9.84 Å². The Hall–Kier alpha value is -0.940. The first kappa shape index (κ1) is 28.1. The van der Waals surface area contributed by atoms with Crippen molar-refractivity contribution in [3.05, 3.63) is 0 Å². The van der Waals surface area contributed by atoms with Crippen molar-refractivity contribution in [1.29, 1.82) is 0 Å². The van der Waals surface area contributed by atoms with Crippen molar-refractivity contribution in [2.24, 2.45) is 5.92 Å². The summed E-state index contributed by atoms with van der Waals surface area (Å²) in [6.07, 6.45) is 16.6. The number of aliphatic hydroxyl groups is 1. The molecule has 0 aromatic rings. The Kier molecular flexibility index (Phi) is 21.1. The molecule has 0 spiro atoms. The quantitative estimate of drug-likeness (QED) is 0.151. The van der Waals surface area contributed by atoms with Crippen molar-refractivity contribution in [2.45, 2.75) is 104 Å². The molecule has 0 fully saturated rings. The fourth-order valence-corrected chi connectivity index (χ4v) is 3.52. The van der Waals surface area contributed by atoms with Crippen LogP contribution in [0.2, 0.25) is 0 Å². The summed E-state index contributed by atoms with van der Waals surface area (Å²) in [5.74, 6) is 0.304. The zero-order valence-corrected chi connectivity index (χ0v) is 19.2. The fourth-order valence-electron chi connectivity index (χ4n) is 3.52. The Labute approximate surface area is 179 Å². The molecule has 0 rings (SSSR count). The third-order valence-corrected chi connectivity index (χ3v) is 5.40. The fraction of sp³-hybridized carbons (Fsp3) is 0.917. The molecule has 0 heterocycles. The molecule has 0 aliphatic rings. The molecule has 0 aliphatic heterocycles. The predicted molar refractivity (Wildman–Crippen MR) is 120 cm³/mol. The van der Waals surface area contributed by atoms with Crippen LogP contribution in [-0.2, 0) is 14.3 Å². The van der Waals surface area contributed by atoms with Gasteiger partial charge in [-0.25, -0.2) is 0 Å². The van der Waals surface area contributed by atoms with E-state index in [1.807, 2.05) is 0 Å². The lowest BCUT2D eigenvalue weighted by Crippen LogP contribution is -2.29. The number of esters is 1. The van der Waals surface area contributed by atoms with E-state index in [0.29, 0.717) is 31.9 Å². The molecule has 0 radical (unpaired) electrons. The van der Waals surface area contributed by atoms with Gasteiger partial charge in [-0.2, -0.15) is 0 Å². The second-order valence-corrected chi connectivity index (χ2v) is 8.38. The van der Waals surface area contributed by atoms with Crippen LogP contribution in [0.5, 0.6) is 0 Å². The number of carbonyl (C=O) groups excluding carboxylic acids is 2. The van der Waals surface area contributed by atoms with Crippen LogP contribution in [-0.4, -0.2) is 55.1 Å². The van der Waals surface area contributed by atoms with Gasteiger partial charge < -0.3 is 19.5 Å². The molecule has 0 saturated heterocycles. The van der Waals surface area contributed by atoms with Gasteiger partial charge in [-0.15, -0.1) is 0 Å². The first-order chi connectivity index (χ1) is 14.1. The lowest BCUT2D eigenvalue weighted by molar-refractivity contribution is -0.145. The minimum Gasteiger partial charge on any atom is -0.465 e. The second-order valence-electron chi connectivity index (χ2n) is 8.38. The van der Waals surface area contributed by atoms with Gasteiger partial charge in [0.25, 0.3) is 0 Å². The molecule has 0 aromatic heterocycles.